The Labute approximate surface area is 170 Å². The number of aromatic nitrogens is 3. The number of amides is 1. The smallest absolute Gasteiger partial charge is 0.361 e. The van der Waals surface area contributed by atoms with Gasteiger partial charge in [-0.1, -0.05) is 18.2 Å². The van der Waals surface area contributed by atoms with Gasteiger partial charge in [0.05, 0.1) is 35.2 Å². The van der Waals surface area contributed by atoms with E-state index in [-0.39, 0.29) is 22.8 Å². The van der Waals surface area contributed by atoms with Crippen molar-refractivity contribution in [3.63, 3.8) is 0 Å². The molecule has 0 radical (unpaired) electrons. The number of benzene rings is 2. The van der Waals surface area contributed by atoms with Crippen molar-refractivity contribution in [1.82, 2.24) is 15.0 Å². The second kappa shape index (κ2) is 8.82. The molecule has 11 nitrogen and oxygen atoms in total. The summed E-state index contributed by atoms with van der Waals surface area (Å²) in [5.41, 5.74) is 1.02. The summed E-state index contributed by atoms with van der Waals surface area (Å²) in [5, 5.41) is 21.6. The molecular weight excluding hydrogens is 394 g/mol. The molecule has 3 rings (SSSR count). The standard InChI is InChI=1S/C19H17N5O6/c1-12-18(22-23(21-12)13-6-4-3-5-7-13)19(26)30-11-17(25)20-15-9-8-14(24(27)28)10-16(15)29-2/h3-10H,11H2,1-2H3,(H,20,25). The first-order valence-corrected chi connectivity index (χ1v) is 8.68. The lowest BCUT2D eigenvalue weighted by molar-refractivity contribution is -0.384. The maximum absolute atomic E-state index is 12.3. The molecular formula is C19H17N5O6. The van der Waals surface area contributed by atoms with Crippen LogP contribution >= 0.6 is 0 Å². The van der Waals surface area contributed by atoms with Crippen LogP contribution in [-0.2, 0) is 9.53 Å². The van der Waals surface area contributed by atoms with Crippen LogP contribution in [0.2, 0.25) is 0 Å². The zero-order chi connectivity index (χ0) is 21.7. The number of carbonyl (C=O) groups is 2. The number of nitrogens with one attached hydrogen (secondary N) is 1. The van der Waals surface area contributed by atoms with Crippen LogP contribution in [0.3, 0.4) is 0 Å². The number of para-hydroxylation sites is 1. The Hall–Kier alpha value is -4.28. The van der Waals surface area contributed by atoms with E-state index in [4.69, 9.17) is 9.47 Å². The maximum atomic E-state index is 12.3. The van der Waals surface area contributed by atoms with E-state index in [1.54, 1.807) is 19.1 Å². The summed E-state index contributed by atoms with van der Waals surface area (Å²) in [6.45, 7) is 1.02. The molecule has 1 amide bonds. The fourth-order valence-corrected chi connectivity index (χ4v) is 2.53. The molecule has 2 aromatic carbocycles. The minimum absolute atomic E-state index is 0.0143. The van der Waals surface area contributed by atoms with Crippen molar-refractivity contribution >= 4 is 23.3 Å². The Balaban J connectivity index is 1.63. The summed E-state index contributed by atoms with van der Waals surface area (Å²) in [5.74, 6) is -1.35. The van der Waals surface area contributed by atoms with Crippen LogP contribution in [0.25, 0.3) is 5.69 Å². The monoisotopic (exact) mass is 411 g/mol. The van der Waals surface area contributed by atoms with Crippen molar-refractivity contribution in [3.05, 3.63) is 70.0 Å². The number of nitro groups is 1. The van der Waals surface area contributed by atoms with Crippen LogP contribution in [0, 0.1) is 17.0 Å². The van der Waals surface area contributed by atoms with E-state index in [2.05, 4.69) is 15.5 Å². The lowest BCUT2D eigenvalue weighted by atomic mass is 10.2. The SMILES string of the molecule is COc1cc([N+](=O)[O-])ccc1NC(=O)COC(=O)c1nn(-c2ccccc2)nc1C. The molecule has 30 heavy (non-hydrogen) atoms. The van der Waals surface area contributed by atoms with Gasteiger partial charge in [-0.2, -0.15) is 9.90 Å². The third-order valence-electron chi connectivity index (χ3n) is 3.97. The number of hydrogen-bond acceptors (Lipinski definition) is 8. The van der Waals surface area contributed by atoms with Gasteiger partial charge in [0.2, 0.25) is 0 Å². The van der Waals surface area contributed by atoms with E-state index in [9.17, 15) is 19.7 Å². The van der Waals surface area contributed by atoms with E-state index in [1.807, 2.05) is 18.2 Å². The highest BCUT2D eigenvalue weighted by Gasteiger charge is 2.20. The number of aryl methyl sites for hydroxylation is 1. The van der Waals surface area contributed by atoms with E-state index in [1.165, 1.54) is 30.1 Å². The highest BCUT2D eigenvalue weighted by atomic mass is 16.6. The molecule has 0 fully saturated rings. The Kier molecular flexibility index (Phi) is 6.01. The fourth-order valence-electron chi connectivity index (χ4n) is 2.53. The van der Waals surface area contributed by atoms with Gasteiger partial charge in [0.25, 0.3) is 11.6 Å². The molecule has 0 spiro atoms. The predicted molar refractivity (Wildman–Crippen MR) is 105 cm³/mol. The van der Waals surface area contributed by atoms with Crippen LogP contribution in [-0.4, -0.2) is 45.5 Å². The average Bonchev–Trinajstić information content (AvgIpc) is 3.14. The second-order valence-corrected chi connectivity index (χ2v) is 6.03. The van der Waals surface area contributed by atoms with Crippen LogP contribution in [0.5, 0.6) is 5.75 Å². The van der Waals surface area contributed by atoms with Gasteiger partial charge in [0, 0.05) is 6.07 Å². The molecule has 11 heteroatoms. The molecule has 3 aromatic rings. The van der Waals surface area contributed by atoms with Crippen LogP contribution in [0.1, 0.15) is 16.2 Å². The Morgan fingerprint density at radius 1 is 1.17 bits per heavy atom. The number of esters is 1. The molecule has 0 aliphatic heterocycles. The molecule has 0 unspecified atom stereocenters. The number of anilines is 1. The summed E-state index contributed by atoms with van der Waals surface area (Å²) in [7, 11) is 1.31. The summed E-state index contributed by atoms with van der Waals surface area (Å²) in [4.78, 5) is 36.0. The molecule has 1 aromatic heterocycles. The topological polar surface area (TPSA) is 138 Å². The maximum Gasteiger partial charge on any atom is 0.361 e. The van der Waals surface area contributed by atoms with Crippen molar-refractivity contribution in [1.29, 1.82) is 0 Å². The van der Waals surface area contributed by atoms with Gasteiger partial charge < -0.3 is 14.8 Å². The highest BCUT2D eigenvalue weighted by molar-refractivity contribution is 5.96. The summed E-state index contributed by atoms with van der Waals surface area (Å²) in [6.07, 6.45) is 0. The fraction of sp³-hybridized carbons (Fsp3) is 0.158. The van der Waals surface area contributed by atoms with Gasteiger partial charge in [-0.15, -0.1) is 5.10 Å². The molecule has 0 bridgehead atoms. The Morgan fingerprint density at radius 3 is 2.57 bits per heavy atom. The van der Waals surface area contributed by atoms with E-state index < -0.39 is 23.4 Å². The zero-order valence-corrected chi connectivity index (χ0v) is 16.1. The number of carbonyl (C=O) groups excluding carboxylic acids is 2. The third-order valence-corrected chi connectivity index (χ3v) is 3.97. The minimum atomic E-state index is -0.805. The van der Waals surface area contributed by atoms with Crippen molar-refractivity contribution in [3.8, 4) is 11.4 Å². The minimum Gasteiger partial charge on any atom is -0.494 e. The number of methoxy groups -OCH3 is 1. The third kappa shape index (κ3) is 4.58. The Morgan fingerprint density at radius 2 is 1.90 bits per heavy atom. The molecule has 154 valence electrons. The van der Waals surface area contributed by atoms with E-state index in [0.29, 0.717) is 11.4 Å². The van der Waals surface area contributed by atoms with Gasteiger partial charge >= 0.3 is 5.97 Å². The van der Waals surface area contributed by atoms with Crippen LogP contribution in [0.4, 0.5) is 11.4 Å². The molecule has 0 aliphatic carbocycles. The quantitative estimate of drug-likeness (QED) is 0.355. The van der Waals surface area contributed by atoms with Crippen LogP contribution in [0.15, 0.2) is 48.5 Å². The normalized spacial score (nSPS) is 10.3. The molecule has 1 N–H and O–H groups in total. The summed E-state index contributed by atoms with van der Waals surface area (Å²) in [6, 6.07) is 12.7. The van der Waals surface area contributed by atoms with E-state index >= 15 is 0 Å². The van der Waals surface area contributed by atoms with Gasteiger partial charge in [0.15, 0.2) is 12.3 Å². The number of nitrogens with zero attached hydrogens (tertiary/aromatic N) is 4. The van der Waals surface area contributed by atoms with Crippen molar-refractivity contribution in [2.45, 2.75) is 6.92 Å². The number of nitro benzene ring substituents is 1. The Bertz CT molecular complexity index is 1100. The van der Waals surface area contributed by atoms with Gasteiger partial charge in [-0.25, -0.2) is 4.79 Å². The zero-order valence-electron chi connectivity index (χ0n) is 16.1. The van der Waals surface area contributed by atoms with Crippen molar-refractivity contribution < 1.29 is 24.0 Å². The largest absolute Gasteiger partial charge is 0.494 e. The first-order valence-electron chi connectivity index (χ1n) is 8.68. The van der Waals surface area contributed by atoms with Crippen molar-refractivity contribution in [2.75, 3.05) is 19.0 Å². The number of rotatable bonds is 7. The van der Waals surface area contributed by atoms with Crippen LogP contribution < -0.4 is 10.1 Å². The highest BCUT2D eigenvalue weighted by Crippen LogP contribution is 2.28. The number of non-ortho nitro benzene ring substituents is 1. The van der Waals surface area contributed by atoms with Gasteiger partial charge in [0.1, 0.15) is 5.75 Å². The molecule has 1 heterocycles. The molecule has 0 saturated heterocycles. The van der Waals surface area contributed by atoms with Crippen molar-refractivity contribution in [2.24, 2.45) is 0 Å². The lowest BCUT2D eigenvalue weighted by Gasteiger charge is -2.10. The van der Waals surface area contributed by atoms with E-state index in [0.717, 1.165) is 0 Å². The average molecular weight is 411 g/mol. The molecule has 0 saturated carbocycles. The van der Waals surface area contributed by atoms with Gasteiger partial charge in [-0.3, -0.25) is 14.9 Å². The predicted octanol–water partition coefficient (Wildman–Crippen LogP) is 2.29. The summed E-state index contributed by atoms with van der Waals surface area (Å²) < 4.78 is 10.1. The first-order chi connectivity index (χ1) is 14.4. The summed E-state index contributed by atoms with van der Waals surface area (Å²) >= 11 is 0. The number of hydrogen-bond donors (Lipinski definition) is 1. The first kappa shape index (κ1) is 20.5. The number of ether oxygens (including phenoxy) is 2. The van der Waals surface area contributed by atoms with Gasteiger partial charge in [-0.05, 0) is 25.1 Å². The lowest BCUT2D eigenvalue weighted by Crippen LogP contribution is -2.21. The molecule has 0 aliphatic rings. The molecule has 0 atom stereocenters. The second-order valence-electron chi connectivity index (χ2n) is 6.03.